The van der Waals surface area contributed by atoms with Crippen LogP contribution < -0.4 is 11.1 Å². The lowest BCUT2D eigenvalue weighted by Gasteiger charge is -2.13. The molecule has 0 saturated carbocycles. The first-order valence-corrected chi connectivity index (χ1v) is 7.87. The summed E-state index contributed by atoms with van der Waals surface area (Å²) in [5, 5.41) is 3.48. The molecule has 3 N–H and O–H groups in total. The van der Waals surface area contributed by atoms with E-state index < -0.39 is 0 Å². The van der Waals surface area contributed by atoms with Crippen LogP contribution in [0.5, 0.6) is 0 Å². The number of nitrogens with two attached hydrogens (primary N) is 1. The van der Waals surface area contributed by atoms with Gasteiger partial charge in [0.25, 0.3) is 0 Å². The molecule has 1 atom stereocenters. The molecule has 2 aromatic rings. The van der Waals surface area contributed by atoms with Gasteiger partial charge in [-0.05, 0) is 49.4 Å². The summed E-state index contributed by atoms with van der Waals surface area (Å²) in [7, 11) is 0. The second-order valence-electron chi connectivity index (χ2n) is 4.44. The summed E-state index contributed by atoms with van der Waals surface area (Å²) in [6.45, 7) is 1.83. The summed E-state index contributed by atoms with van der Waals surface area (Å²) in [5.41, 5.74) is 6.84. The number of anilines is 2. The Morgan fingerprint density at radius 2 is 1.86 bits per heavy atom. The molecular formula is C15H14Cl2N2OS. The zero-order chi connectivity index (χ0) is 15.4. The third kappa shape index (κ3) is 4.56. The average molecular weight is 341 g/mol. The van der Waals surface area contributed by atoms with Gasteiger partial charge in [-0.1, -0.05) is 23.2 Å². The van der Waals surface area contributed by atoms with E-state index in [0.29, 0.717) is 21.4 Å². The van der Waals surface area contributed by atoms with Crippen molar-refractivity contribution in [2.24, 2.45) is 0 Å². The van der Waals surface area contributed by atoms with Crippen molar-refractivity contribution >= 4 is 52.2 Å². The molecule has 0 aromatic heterocycles. The van der Waals surface area contributed by atoms with Gasteiger partial charge >= 0.3 is 0 Å². The first kappa shape index (κ1) is 16.0. The van der Waals surface area contributed by atoms with E-state index in [0.717, 1.165) is 4.90 Å². The lowest BCUT2D eigenvalue weighted by atomic mass is 10.3. The number of nitrogens with one attached hydrogen (secondary N) is 1. The number of amides is 1. The Morgan fingerprint density at radius 1 is 1.19 bits per heavy atom. The third-order valence-corrected chi connectivity index (χ3v) is 4.43. The quantitative estimate of drug-likeness (QED) is 0.626. The number of hydrogen-bond acceptors (Lipinski definition) is 3. The maximum Gasteiger partial charge on any atom is 0.237 e. The fourth-order valence-corrected chi connectivity index (χ4v) is 2.84. The van der Waals surface area contributed by atoms with Crippen LogP contribution >= 0.6 is 35.0 Å². The highest BCUT2D eigenvalue weighted by Gasteiger charge is 2.16. The van der Waals surface area contributed by atoms with E-state index in [2.05, 4.69) is 5.32 Å². The smallest absolute Gasteiger partial charge is 0.237 e. The molecule has 110 valence electrons. The standard InChI is InChI=1S/C15H14Cl2N2OS/c1-9(21-12-5-3-11(18)4-6-12)15(20)19-14-8-10(16)2-7-13(14)17/h2-9H,18H2,1H3,(H,19,20)/t9-/m0/s1. The summed E-state index contributed by atoms with van der Waals surface area (Å²) in [4.78, 5) is 13.2. The Bertz CT molecular complexity index is 647. The van der Waals surface area contributed by atoms with Gasteiger partial charge in [-0.15, -0.1) is 11.8 Å². The first-order valence-electron chi connectivity index (χ1n) is 6.24. The van der Waals surface area contributed by atoms with Gasteiger partial charge in [-0.25, -0.2) is 0 Å². The van der Waals surface area contributed by atoms with Crippen LogP contribution in [0.4, 0.5) is 11.4 Å². The number of benzene rings is 2. The minimum absolute atomic E-state index is 0.138. The van der Waals surface area contributed by atoms with Crippen molar-refractivity contribution in [3.05, 3.63) is 52.5 Å². The molecule has 0 bridgehead atoms. The van der Waals surface area contributed by atoms with Crippen molar-refractivity contribution in [2.45, 2.75) is 17.1 Å². The van der Waals surface area contributed by atoms with Crippen LogP contribution in [-0.4, -0.2) is 11.2 Å². The van der Waals surface area contributed by atoms with E-state index in [4.69, 9.17) is 28.9 Å². The van der Waals surface area contributed by atoms with E-state index in [9.17, 15) is 4.79 Å². The van der Waals surface area contributed by atoms with Crippen molar-refractivity contribution in [1.29, 1.82) is 0 Å². The lowest BCUT2D eigenvalue weighted by molar-refractivity contribution is -0.115. The van der Waals surface area contributed by atoms with E-state index >= 15 is 0 Å². The molecule has 0 aliphatic heterocycles. The molecule has 6 heteroatoms. The molecule has 0 fully saturated rings. The SMILES string of the molecule is C[C@H](Sc1ccc(N)cc1)C(=O)Nc1cc(Cl)ccc1Cl. The number of carbonyl (C=O) groups excluding carboxylic acids is 1. The molecule has 0 heterocycles. The van der Waals surface area contributed by atoms with Crippen LogP contribution in [0.15, 0.2) is 47.4 Å². The zero-order valence-electron chi connectivity index (χ0n) is 11.3. The van der Waals surface area contributed by atoms with Crippen LogP contribution in [0.1, 0.15) is 6.92 Å². The van der Waals surface area contributed by atoms with E-state index in [1.807, 2.05) is 19.1 Å². The molecule has 2 aromatic carbocycles. The summed E-state index contributed by atoms with van der Waals surface area (Å²) in [6.07, 6.45) is 0. The summed E-state index contributed by atoms with van der Waals surface area (Å²) >= 11 is 13.4. The topological polar surface area (TPSA) is 55.1 Å². The highest BCUT2D eigenvalue weighted by atomic mass is 35.5. The Hall–Kier alpha value is -1.36. The van der Waals surface area contributed by atoms with Crippen LogP contribution in [0.25, 0.3) is 0 Å². The van der Waals surface area contributed by atoms with Crippen LogP contribution in [-0.2, 0) is 4.79 Å². The maximum atomic E-state index is 12.2. The predicted molar refractivity (Wildman–Crippen MR) is 91.3 cm³/mol. The molecule has 0 aliphatic rings. The van der Waals surface area contributed by atoms with Crippen molar-refractivity contribution in [3.8, 4) is 0 Å². The molecule has 21 heavy (non-hydrogen) atoms. The molecule has 1 amide bonds. The molecule has 0 unspecified atom stereocenters. The van der Waals surface area contributed by atoms with Gasteiger partial charge in [0.05, 0.1) is 16.0 Å². The van der Waals surface area contributed by atoms with Gasteiger partial charge < -0.3 is 11.1 Å². The van der Waals surface area contributed by atoms with Crippen LogP contribution in [0.3, 0.4) is 0 Å². The second-order valence-corrected chi connectivity index (χ2v) is 6.70. The number of halogens is 2. The highest BCUT2D eigenvalue weighted by molar-refractivity contribution is 8.00. The molecule has 0 radical (unpaired) electrons. The molecule has 0 saturated heterocycles. The lowest BCUT2D eigenvalue weighted by Crippen LogP contribution is -2.22. The average Bonchev–Trinajstić information content (AvgIpc) is 2.45. The minimum atomic E-state index is -0.274. The third-order valence-electron chi connectivity index (χ3n) is 2.75. The largest absolute Gasteiger partial charge is 0.399 e. The van der Waals surface area contributed by atoms with E-state index in [1.54, 1.807) is 30.3 Å². The fraction of sp³-hybridized carbons (Fsp3) is 0.133. The van der Waals surface area contributed by atoms with Crippen molar-refractivity contribution in [3.63, 3.8) is 0 Å². The Kier molecular flexibility index (Phi) is 5.39. The maximum absolute atomic E-state index is 12.2. The Morgan fingerprint density at radius 3 is 2.52 bits per heavy atom. The molecule has 0 spiro atoms. The van der Waals surface area contributed by atoms with Gasteiger partial charge in [0.15, 0.2) is 0 Å². The van der Waals surface area contributed by atoms with Crippen molar-refractivity contribution in [2.75, 3.05) is 11.1 Å². The van der Waals surface area contributed by atoms with E-state index in [-0.39, 0.29) is 11.2 Å². The number of rotatable bonds is 4. The summed E-state index contributed by atoms with van der Waals surface area (Å²) < 4.78 is 0. The summed E-state index contributed by atoms with van der Waals surface area (Å²) in [6, 6.07) is 12.3. The van der Waals surface area contributed by atoms with Crippen LogP contribution in [0.2, 0.25) is 10.0 Å². The predicted octanol–water partition coefficient (Wildman–Crippen LogP) is 4.69. The summed E-state index contributed by atoms with van der Waals surface area (Å²) in [5.74, 6) is -0.138. The monoisotopic (exact) mass is 340 g/mol. The second kappa shape index (κ2) is 7.07. The van der Waals surface area contributed by atoms with Gasteiger partial charge in [-0.3, -0.25) is 4.79 Å². The van der Waals surface area contributed by atoms with Crippen molar-refractivity contribution < 1.29 is 4.79 Å². The molecule has 3 nitrogen and oxygen atoms in total. The molecular weight excluding hydrogens is 327 g/mol. The highest BCUT2D eigenvalue weighted by Crippen LogP contribution is 2.28. The number of thioether (sulfide) groups is 1. The van der Waals surface area contributed by atoms with Gasteiger partial charge in [0.2, 0.25) is 5.91 Å². The van der Waals surface area contributed by atoms with Gasteiger partial charge in [0, 0.05) is 15.6 Å². The van der Waals surface area contributed by atoms with Gasteiger partial charge in [-0.2, -0.15) is 0 Å². The fourth-order valence-electron chi connectivity index (χ4n) is 1.63. The van der Waals surface area contributed by atoms with Crippen molar-refractivity contribution in [1.82, 2.24) is 0 Å². The van der Waals surface area contributed by atoms with E-state index in [1.165, 1.54) is 11.8 Å². The van der Waals surface area contributed by atoms with Gasteiger partial charge in [0.1, 0.15) is 0 Å². The normalized spacial score (nSPS) is 12.0. The molecule has 0 aliphatic carbocycles. The zero-order valence-corrected chi connectivity index (χ0v) is 13.6. The number of carbonyl (C=O) groups is 1. The Balaban J connectivity index is 2.02. The first-order chi connectivity index (χ1) is 9.95. The minimum Gasteiger partial charge on any atom is -0.399 e. The van der Waals surface area contributed by atoms with Crippen LogP contribution in [0, 0.1) is 0 Å². The molecule has 2 rings (SSSR count). The number of hydrogen-bond donors (Lipinski definition) is 2. The Labute approximate surface area is 137 Å². The number of nitrogen functional groups attached to an aromatic ring is 1.